The number of para-hydroxylation sites is 1. The van der Waals surface area contributed by atoms with Crippen LogP contribution in [-0.2, 0) is 10.0 Å². The minimum absolute atomic E-state index is 0.167. The highest BCUT2D eigenvalue weighted by Gasteiger charge is 2.18. The van der Waals surface area contributed by atoms with Gasteiger partial charge in [0.25, 0.3) is 10.0 Å². The smallest absolute Gasteiger partial charge is 0.265 e. The molecule has 0 amide bonds. The van der Waals surface area contributed by atoms with Crippen LogP contribution >= 0.6 is 0 Å². The van der Waals surface area contributed by atoms with Crippen molar-refractivity contribution in [1.29, 1.82) is 0 Å². The number of sulfonamides is 1. The number of aryl methyl sites for hydroxylation is 2. The van der Waals surface area contributed by atoms with E-state index in [9.17, 15) is 8.42 Å². The SMILES string of the molecule is Cc1ccccc1NS(=O)(=O)c1cn[nH]c1C. The van der Waals surface area contributed by atoms with Gasteiger partial charge in [-0.05, 0) is 25.5 Å². The number of hydrogen-bond acceptors (Lipinski definition) is 3. The lowest BCUT2D eigenvalue weighted by atomic mass is 10.2. The van der Waals surface area contributed by atoms with Gasteiger partial charge in [0.2, 0.25) is 0 Å². The molecule has 0 atom stereocenters. The number of anilines is 1. The molecule has 1 aromatic heterocycles. The Morgan fingerprint density at radius 1 is 1.24 bits per heavy atom. The van der Waals surface area contributed by atoms with E-state index in [0.717, 1.165) is 5.56 Å². The summed E-state index contributed by atoms with van der Waals surface area (Å²) in [7, 11) is -3.57. The van der Waals surface area contributed by atoms with E-state index in [2.05, 4.69) is 14.9 Å². The molecule has 0 aliphatic carbocycles. The van der Waals surface area contributed by atoms with E-state index >= 15 is 0 Å². The van der Waals surface area contributed by atoms with Gasteiger partial charge >= 0.3 is 0 Å². The number of aromatic nitrogens is 2. The van der Waals surface area contributed by atoms with E-state index < -0.39 is 10.0 Å². The van der Waals surface area contributed by atoms with E-state index in [-0.39, 0.29) is 4.90 Å². The molecule has 0 unspecified atom stereocenters. The second kappa shape index (κ2) is 4.21. The Labute approximate surface area is 99.9 Å². The zero-order valence-corrected chi connectivity index (χ0v) is 10.4. The number of nitrogens with zero attached hydrogens (tertiary/aromatic N) is 1. The van der Waals surface area contributed by atoms with E-state index in [1.165, 1.54) is 6.20 Å². The van der Waals surface area contributed by atoms with Gasteiger partial charge in [0, 0.05) is 0 Å². The van der Waals surface area contributed by atoms with Gasteiger partial charge in [-0.1, -0.05) is 18.2 Å². The standard InChI is InChI=1S/C11H13N3O2S/c1-8-5-3-4-6-10(8)14-17(15,16)11-7-12-13-9(11)2/h3-7,14H,1-2H3,(H,12,13). The van der Waals surface area contributed by atoms with E-state index in [4.69, 9.17) is 0 Å². The highest BCUT2D eigenvalue weighted by Crippen LogP contribution is 2.19. The number of rotatable bonds is 3. The third-order valence-electron chi connectivity index (χ3n) is 2.46. The summed E-state index contributed by atoms with van der Waals surface area (Å²) in [5, 5.41) is 6.31. The third kappa shape index (κ3) is 2.31. The maximum Gasteiger partial charge on any atom is 0.265 e. The molecule has 0 aliphatic heterocycles. The summed E-state index contributed by atoms with van der Waals surface area (Å²) in [5.41, 5.74) is 1.97. The van der Waals surface area contributed by atoms with Gasteiger partial charge in [0.1, 0.15) is 4.90 Å². The minimum atomic E-state index is -3.57. The fourth-order valence-corrected chi connectivity index (χ4v) is 2.77. The molecular formula is C11H13N3O2S. The second-order valence-corrected chi connectivity index (χ2v) is 5.43. The molecule has 90 valence electrons. The Morgan fingerprint density at radius 2 is 1.94 bits per heavy atom. The molecule has 5 nitrogen and oxygen atoms in total. The van der Waals surface area contributed by atoms with Crippen LogP contribution < -0.4 is 4.72 Å². The van der Waals surface area contributed by atoms with E-state index in [1.807, 2.05) is 19.1 Å². The van der Waals surface area contributed by atoms with Gasteiger partial charge in [-0.25, -0.2) is 8.42 Å². The topological polar surface area (TPSA) is 74.8 Å². The van der Waals surface area contributed by atoms with Crippen molar-refractivity contribution in [3.63, 3.8) is 0 Å². The van der Waals surface area contributed by atoms with Gasteiger partial charge < -0.3 is 0 Å². The maximum atomic E-state index is 12.1. The van der Waals surface area contributed by atoms with Gasteiger partial charge in [0.15, 0.2) is 0 Å². The lowest BCUT2D eigenvalue weighted by molar-refractivity contribution is 0.600. The predicted molar refractivity (Wildman–Crippen MR) is 65.3 cm³/mol. The lowest BCUT2D eigenvalue weighted by Gasteiger charge is -2.09. The molecule has 0 spiro atoms. The Bertz CT molecular complexity index is 632. The Hall–Kier alpha value is -1.82. The largest absolute Gasteiger partial charge is 0.281 e. The predicted octanol–water partition coefficient (Wildman–Crippen LogP) is 1.83. The minimum Gasteiger partial charge on any atom is -0.281 e. The van der Waals surface area contributed by atoms with Gasteiger partial charge in [-0.3, -0.25) is 9.82 Å². The summed E-state index contributed by atoms with van der Waals surface area (Å²) >= 11 is 0. The van der Waals surface area contributed by atoms with Crippen LogP contribution in [-0.4, -0.2) is 18.6 Å². The Kier molecular flexibility index (Phi) is 2.89. The molecule has 0 radical (unpaired) electrons. The molecule has 2 rings (SSSR count). The van der Waals surface area contributed by atoms with Crippen molar-refractivity contribution in [3.8, 4) is 0 Å². The van der Waals surface area contributed by atoms with Crippen LogP contribution in [0.25, 0.3) is 0 Å². The van der Waals surface area contributed by atoms with Crippen molar-refractivity contribution in [2.75, 3.05) is 4.72 Å². The first kappa shape index (κ1) is 11.7. The first-order valence-corrected chi connectivity index (χ1v) is 6.57. The van der Waals surface area contributed by atoms with E-state index in [1.54, 1.807) is 19.1 Å². The number of nitrogens with one attached hydrogen (secondary N) is 2. The van der Waals surface area contributed by atoms with Crippen LogP contribution in [0.1, 0.15) is 11.3 Å². The van der Waals surface area contributed by atoms with E-state index in [0.29, 0.717) is 11.4 Å². The molecule has 0 aliphatic rings. The quantitative estimate of drug-likeness (QED) is 0.873. The average Bonchev–Trinajstić information content (AvgIpc) is 2.68. The third-order valence-corrected chi connectivity index (χ3v) is 3.94. The lowest BCUT2D eigenvalue weighted by Crippen LogP contribution is -2.14. The van der Waals surface area contributed by atoms with Crippen molar-refractivity contribution >= 4 is 15.7 Å². The number of H-pyrrole nitrogens is 1. The summed E-state index contributed by atoms with van der Waals surface area (Å²) in [6.07, 6.45) is 1.30. The first-order chi connectivity index (χ1) is 8.00. The van der Waals surface area contributed by atoms with Gasteiger partial charge in [-0.2, -0.15) is 5.10 Å². The normalized spacial score (nSPS) is 11.4. The summed E-state index contributed by atoms with van der Waals surface area (Å²) in [5.74, 6) is 0. The summed E-state index contributed by atoms with van der Waals surface area (Å²) in [4.78, 5) is 0.167. The van der Waals surface area contributed by atoms with Crippen molar-refractivity contribution in [3.05, 3.63) is 41.7 Å². The monoisotopic (exact) mass is 251 g/mol. The molecule has 0 saturated carbocycles. The molecular weight excluding hydrogens is 238 g/mol. The highest BCUT2D eigenvalue weighted by molar-refractivity contribution is 7.92. The molecule has 0 bridgehead atoms. The maximum absolute atomic E-state index is 12.1. The zero-order chi connectivity index (χ0) is 12.5. The van der Waals surface area contributed by atoms with Gasteiger partial charge in [-0.15, -0.1) is 0 Å². The van der Waals surface area contributed by atoms with Crippen molar-refractivity contribution in [2.45, 2.75) is 18.7 Å². The van der Waals surface area contributed by atoms with Crippen molar-refractivity contribution in [2.24, 2.45) is 0 Å². The molecule has 2 aromatic rings. The molecule has 6 heteroatoms. The van der Waals surface area contributed by atoms with Crippen LogP contribution in [0.3, 0.4) is 0 Å². The van der Waals surface area contributed by atoms with Crippen LogP contribution in [0.5, 0.6) is 0 Å². The van der Waals surface area contributed by atoms with Crippen LogP contribution in [0.2, 0.25) is 0 Å². The summed E-state index contributed by atoms with van der Waals surface area (Å²) in [6, 6.07) is 7.21. The van der Waals surface area contributed by atoms with Crippen molar-refractivity contribution < 1.29 is 8.42 Å². The number of hydrogen-bond donors (Lipinski definition) is 2. The molecule has 1 aromatic carbocycles. The molecule has 1 heterocycles. The average molecular weight is 251 g/mol. The summed E-state index contributed by atoms with van der Waals surface area (Å²) in [6.45, 7) is 3.51. The molecule has 17 heavy (non-hydrogen) atoms. The molecule has 2 N–H and O–H groups in total. The second-order valence-electron chi connectivity index (χ2n) is 3.78. The fourth-order valence-electron chi connectivity index (χ4n) is 1.50. The van der Waals surface area contributed by atoms with Gasteiger partial charge in [0.05, 0.1) is 17.6 Å². The van der Waals surface area contributed by atoms with Crippen molar-refractivity contribution in [1.82, 2.24) is 10.2 Å². The number of aromatic amines is 1. The van der Waals surface area contributed by atoms with Crippen LogP contribution in [0.15, 0.2) is 35.4 Å². The fraction of sp³-hybridized carbons (Fsp3) is 0.182. The molecule has 0 saturated heterocycles. The molecule has 0 fully saturated rings. The van der Waals surface area contributed by atoms with Crippen LogP contribution in [0.4, 0.5) is 5.69 Å². The zero-order valence-electron chi connectivity index (χ0n) is 9.56. The Balaban J connectivity index is 2.37. The Morgan fingerprint density at radius 3 is 2.53 bits per heavy atom. The summed E-state index contributed by atoms with van der Waals surface area (Å²) < 4.78 is 26.7. The number of benzene rings is 1. The van der Waals surface area contributed by atoms with Crippen LogP contribution in [0, 0.1) is 13.8 Å². The highest BCUT2D eigenvalue weighted by atomic mass is 32.2. The first-order valence-electron chi connectivity index (χ1n) is 5.09.